The molecule has 80 valence electrons. The zero-order chi connectivity index (χ0) is 11.2. The lowest BCUT2D eigenvalue weighted by atomic mass is 10.1. The minimum absolute atomic E-state index is 0.902. The molecule has 0 atom stereocenters. The molecule has 4 heterocycles. The van der Waals surface area contributed by atoms with Crippen LogP contribution in [0.25, 0.3) is 27.5 Å². The number of aromatic nitrogens is 4. The second-order valence-electron chi connectivity index (χ2n) is 3.92. The van der Waals surface area contributed by atoms with Gasteiger partial charge in [-0.05, 0) is 23.6 Å². The molecule has 4 aromatic heterocycles. The smallest absolute Gasteiger partial charge is 0.147 e. The fourth-order valence-corrected chi connectivity index (χ4v) is 2.28. The standard InChI is InChI=1S/C13H8N4/c1-2-10-9-3-5-14-8-11(9)13-16-6-7-17(13)12(10)15-4-1/h1-8H. The largest absolute Gasteiger partial charge is 0.283 e. The van der Waals surface area contributed by atoms with Gasteiger partial charge in [-0.3, -0.25) is 9.38 Å². The summed E-state index contributed by atoms with van der Waals surface area (Å²) >= 11 is 0. The predicted molar refractivity (Wildman–Crippen MR) is 65.8 cm³/mol. The van der Waals surface area contributed by atoms with Crippen LogP contribution in [0.5, 0.6) is 0 Å². The van der Waals surface area contributed by atoms with Crippen molar-refractivity contribution < 1.29 is 0 Å². The summed E-state index contributed by atoms with van der Waals surface area (Å²) in [5.41, 5.74) is 1.83. The van der Waals surface area contributed by atoms with E-state index in [1.54, 1.807) is 18.6 Å². The molecule has 0 aliphatic rings. The Bertz CT molecular complexity index is 778. The molecule has 0 N–H and O–H groups in total. The Morgan fingerprint density at radius 2 is 1.71 bits per heavy atom. The molecular formula is C13H8N4. The molecule has 0 radical (unpaired) electrons. The first-order valence-corrected chi connectivity index (χ1v) is 5.38. The molecule has 0 aromatic carbocycles. The van der Waals surface area contributed by atoms with Crippen molar-refractivity contribution in [1.29, 1.82) is 0 Å². The van der Waals surface area contributed by atoms with Crippen molar-refractivity contribution in [1.82, 2.24) is 19.4 Å². The van der Waals surface area contributed by atoms with Gasteiger partial charge in [-0.15, -0.1) is 0 Å². The van der Waals surface area contributed by atoms with E-state index in [1.807, 2.05) is 28.9 Å². The summed E-state index contributed by atoms with van der Waals surface area (Å²) in [5, 5.41) is 3.32. The molecule has 0 spiro atoms. The fourth-order valence-electron chi connectivity index (χ4n) is 2.28. The third-order valence-electron chi connectivity index (χ3n) is 3.01. The van der Waals surface area contributed by atoms with Gasteiger partial charge in [0.25, 0.3) is 0 Å². The molecule has 0 amide bonds. The van der Waals surface area contributed by atoms with Crippen molar-refractivity contribution in [2.45, 2.75) is 0 Å². The van der Waals surface area contributed by atoms with Gasteiger partial charge < -0.3 is 0 Å². The van der Waals surface area contributed by atoms with Crippen LogP contribution in [0.1, 0.15) is 0 Å². The second-order valence-corrected chi connectivity index (χ2v) is 3.92. The van der Waals surface area contributed by atoms with Crippen molar-refractivity contribution >= 4 is 27.5 Å². The quantitative estimate of drug-likeness (QED) is 0.427. The van der Waals surface area contributed by atoms with E-state index in [9.17, 15) is 0 Å². The monoisotopic (exact) mass is 220 g/mol. The van der Waals surface area contributed by atoms with Gasteiger partial charge in [-0.2, -0.15) is 0 Å². The van der Waals surface area contributed by atoms with Crippen molar-refractivity contribution in [2.75, 3.05) is 0 Å². The van der Waals surface area contributed by atoms with Gasteiger partial charge in [0.2, 0.25) is 0 Å². The molecule has 0 aliphatic carbocycles. The molecule has 17 heavy (non-hydrogen) atoms. The van der Waals surface area contributed by atoms with Gasteiger partial charge >= 0.3 is 0 Å². The van der Waals surface area contributed by atoms with Crippen LogP contribution in [0, 0.1) is 0 Å². The summed E-state index contributed by atoms with van der Waals surface area (Å²) in [4.78, 5) is 13.0. The van der Waals surface area contributed by atoms with Gasteiger partial charge in [-0.25, -0.2) is 9.97 Å². The number of fused-ring (bicyclic) bond motifs is 6. The van der Waals surface area contributed by atoms with Crippen molar-refractivity contribution in [3.8, 4) is 0 Å². The first-order chi connectivity index (χ1) is 8.45. The van der Waals surface area contributed by atoms with E-state index in [4.69, 9.17) is 0 Å². The number of hydrogen-bond acceptors (Lipinski definition) is 3. The molecular weight excluding hydrogens is 212 g/mol. The minimum atomic E-state index is 0.902. The average Bonchev–Trinajstić information content (AvgIpc) is 2.89. The van der Waals surface area contributed by atoms with E-state index in [-0.39, 0.29) is 0 Å². The van der Waals surface area contributed by atoms with E-state index in [1.165, 1.54) is 0 Å². The van der Waals surface area contributed by atoms with Crippen molar-refractivity contribution in [2.24, 2.45) is 0 Å². The summed E-state index contributed by atoms with van der Waals surface area (Å²) in [6, 6.07) is 6.03. The summed E-state index contributed by atoms with van der Waals surface area (Å²) in [6.45, 7) is 0. The summed E-state index contributed by atoms with van der Waals surface area (Å²) < 4.78 is 2.00. The lowest BCUT2D eigenvalue weighted by molar-refractivity contribution is 1.20. The van der Waals surface area contributed by atoms with E-state index >= 15 is 0 Å². The Hall–Kier alpha value is -2.49. The average molecular weight is 220 g/mol. The Morgan fingerprint density at radius 1 is 0.824 bits per heavy atom. The normalized spacial score (nSPS) is 11.5. The maximum atomic E-state index is 4.43. The van der Waals surface area contributed by atoms with E-state index in [0.717, 1.165) is 27.5 Å². The Labute approximate surface area is 96.6 Å². The maximum absolute atomic E-state index is 4.43. The summed E-state index contributed by atoms with van der Waals surface area (Å²) in [7, 11) is 0. The SMILES string of the molecule is c1cnc2c(c1)c1ccncc1c1nccn21. The molecule has 0 aliphatic heterocycles. The van der Waals surface area contributed by atoms with Gasteiger partial charge in [0, 0.05) is 41.8 Å². The van der Waals surface area contributed by atoms with Crippen LogP contribution < -0.4 is 0 Å². The molecule has 4 rings (SSSR count). The van der Waals surface area contributed by atoms with Crippen molar-refractivity contribution in [3.05, 3.63) is 49.2 Å². The molecule has 0 fully saturated rings. The van der Waals surface area contributed by atoms with Crippen LogP contribution in [-0.2, 0) is 0 Å². The van der Waals surface area contributed by atoms with E-state index < -0.39 is 0 Å². The zero-order valence-electron chi connectivity index (χ0n) is 8.91. The number of nitrogens with zero attached hydrogens (tertiary/aromatic N) is 4. The highest BCUT2D eigenvalue weighted by atomic mass is 15.0. The topological polar surface area (TPSA) is 43.1 Å². The Kier molecular flexibility index (Phi) is 1.53. The lowest BCUT2D eigenvalue weighted by Gasteiger charge is -2.05. The highest BCUT2D eigenvalue weighted by Gasteiger charge is 2.08. The van der Waals surface area contributed by atoms with Crippen LogP contribution >= 0.6 is 0 Å². The van der Waals surface area contributed by atoms with Crippen LogP contribution in [-0.4, -0.2) is 19.4 Å². The third-order valence-corrected chi connectivity index (χ3v) is 3.01. The van der Waals surface area contributed by atoms with Crippen molar-refractivity contribution in [3.63, 3.8) is 0 Å². The van der Waals surface area contributed by atoms with Gasteiger partial charge in [0.1, 0.15) is 11.3 Å². The minimum Gasteiger partial charge on any atom is -0.283 e. The van der Waals surface area contributed by atoms with Gasteiger partial charge in [-0.1, -0.05) is 0 Å². The molecule has 0 saturated carbocycles. The lowest BCUT2D eigenvalue weighted by Crippen LogP contribution is -1.92. The predicted octanol–water partition coefficient (Wildman–Crippen LogP) is 2.43. The molecule has 4 heteroatoms. The highest BCUT2D eigenvalue weighted by molar-refractivity contribution is 6.10. The van der Waals surface area contributed by atoms with Crippen LogP contribution in [0.4, 0.5) is 0 Å². The molecule has 0 bridgehead atoms. The van der Waals surface area contributed by atoms with Crippen LogP contribution in [0.15, 0.2) is 49.2 Å². The zero-order valence-corrected chi connectivity index (χ0v) is 8.91. The molecule has 4 aromatic rings. The Morgan fingerprint density at radius 3 is 2.71 bits per heavy atom. The van der Waals surface area contributed by atoms with Crippen LogP contribution in [0.3, 0.4) is 0 Å². The number of imidazole rings is 1. The summed E-state index contributed by atoms with van der Waals surface area (Å²) in [5.74, 6) is 0. The Balaban J connectivity index is 2.48. The molecule has 0 saturated heterocycles. The third kappa shape index (κ3) is 1.04. The summed E-state index contributed by atoms with van der Waals surface area (Å²) in [6.07, 6.45) is 9.17. The molecule has 4 nitrogen and oxygen atoms in total. The number of rotatable bonds is 0. The van der Waals surface area contributed by atoms with E-state index in [0.29, 0.717) is 0 Å². The van der Waals surface area contributed by atoms with Gasteiger partial charge in [0.05, 0.1) is 0 Å². The van der Waals surface area contributed by atoms with Gasteiger partial charge in [0.15, 0.2) is 0 Å². The first-order valence-electron chi connectivity index (χ1n) is 5.38. The van der Waals surface area contributed by atoms with Crippen LogP contribution in [0.2, 0.25) is 0 Å². The highest BCUT2D eigenvalue weighted by Crippen LogP contribution is 2.26. The maximum Gasteiger partial charge on any atom is 0.147 e. The second kappa shape index (κ2) is 3.01. The first kappa shape index (κ1) is 8.64. The fraction of sp³-hybridized carbons (Fsp3) is 0. The number of pyridine rings is 3. The van der Waals surface area contributed by atoms with E-state index in [2.05, 4.69) is 21.0 Å². The number of hydrogen-bond donors (Lipinski definition) is 0. The molecule has 0 unspecified atom stereocenters.